The van der Waals surface area contributed by atoms with E-state index in [9.17, 15) is 9.59 Å². The summed E-state index contributed by atoms with van der Waals surface area (Å²) in [6.45, 7) is 9.83. The Kier molecular flexibility index (Phi) is 15.0. The third-order valence-electron chi connectivity index (χ3n) is 4.34. The monoisotopic (exact) mass is 392 g/mol. The number of hydrogen-bond donors (Lipinski definition) is 3. The van der Waals surface area contributed by atoms with E-state index in [0.29, 0.717) is 6.04 Å². The summed E-state index contributed by atoms with van der Waals surface area (Å²) in [6.07, 6.45) is 6.92. The van der Waals surface area contributed by atoms with Crippen LogP contribution in [0.4, 0.5) is 0 Å². The molecule has 3 rings (SSSR count). The summed E-state index contributed by atoms with van der Waals surface area (Å²) in [5.41, 5.74) is 13.8. The molecular weight excluding hydrogens is 352 g/mol. The number of nitrogens with zero attached hydrogens (tertiary/aromatic N) is 1. The normalized spacial score (nSPS) is 17.0. The van der Waals surface area contributed by atoms with Crippen LogP contribution in [-0.2, 0) is 16.0 Å². The fraction of sp³-hybridized carbons (Fsp3) is 0.636. The minimum Gasteiger partial charge on any atom is -0.353 e. The molecule has 1 atom stereocenters. The molecule has 0 bridgehead atoms. The van der Waals surface area contributed by atoms with E-state index in [4.69, 9.17) is 11.5 Å². The van der Waals surface area contributed by atoms with Gasteiger partial charge in [-0.05, 0) is 57.1 Å². The quantitative estimate of drug-likeness (QED) is 0.688. The van der Waals surface area contributed by atoms with Crippen molar-refractivity contribution >= 4 is 12.3 Å². The lowest BCUT2D eigenvalue weighted by atomic mass is 9.88. The number of fused-ring (bicyclic) bond motifs is 1. The highest BCUT2D eigenvalue weighted by Gasteiger charge is 2.14. The van der Waals surface area contributed by atoms with Crippen LogP contribution < -0.4 is 16.8 Å². The average molecular weight is 393 g/mol. The largest absolute Gasteiger partial charge is 0.353 e. The Bertz CT molecular complexity index is 543. The zero-order valence-corrected chi connectivity index (χ0v) is 18.1. The molecule has 1 aromatic carbocycles. The summed E-state index contributed by atoms with van der Waals surface area (Å²) in [4.78, 5) is 22.1. The molecule has 160 valence electrons. The Morgan fingerprint density at radius 1 is 1.21 bits per heavy atom. The van der Waals surface area contributed by atoms with Crippen LogP contribution in [-0.4, -0.2) is 42.9 Å². The van der Waals surface area contributed by atoms with Crippen molar-refractivity contribution in [2.24, 2.45) is 11.5 Å². The van der Waals surface area contributed by atoms with Gasteiger partial charge in [0.05, 0.1) is 6.54 Å². The highest BCUT2D eigenvalue weighted by atomic mass is 16.2. The van der Waals surface area contributed by atoms with Crippen molar-refractivity contribution in [3.05, 3.63) is 35.4 Å². The summed E-state index contributed by atoms with van der Waals surface area (Å²) >= 11 is 0. The smallest absolute Gasteiger partial charge is 0.233 e. The second-order valence-electron chi connectivity index (χ2n) is 6.97. The lowest BCUT2D eigenvalue weighted by Gasteiger charge is -2.21. The van der Waals surface area contributed by atoms with Crippen LogP contribution in [0.5, 0.6) is 0 Å². The maximum absolute atomic E-state index is 10.4. The van der Waals surface area contributed by atoms with Crippen LogP contribution in [0.15, 0.2) is 24.3 Å². The number of aryl methyl sites for hydroxylation is 1. The number of nitrogens with two attached hydrogens (primary N) is 2. The first-order valence-electron chi connectivity index (χ1n) is 10.5. The maximum Gasteiger partial charge on any atom is 0.233 e. The number of hydrogen-bond acceptors (Lipinski definition) is 4. The Morgan fingerprint density at radius 3 is 2.25 bits per heavy atom. The first kappa shape index (κ1) is 26.1. The summed E-state index contributed by atoms with van der Waals surface area (Å²) in [5, 5.41) is 2.63. The lowest BCUT2D eigenvalue weighted by molar-refractivity contribution is -0.120. The molecule has 6 heteroatoms. The van der Waals surface area contributed by atoms with Gasteiger partial charge in [0.25, 0.3) is 0 Å². The summed E-state index contributed by atoms with van der Waals surface area (Å²) in [7, 11) is 0. The van der Waals surface area contributed by atoms with Gasteiger partial charge in [0.2, 0.25) is 12.3 Å². The molecule has 0 spiro atoms. The van der Waals surface area contributed by atoms with Crippen LogP contribution in [0.3, 0.4) is 0 Å². The first-order chi connectivity index (χ1) is 13.5. The van der Waals surface area contributed by atoms with Gasteiger partial charge >= 0.3 is 0 Å². The standard InChI is InChI=1S/C10H13N.C5H12N2O.C5H9NO.C2H6/c11-10-7-3-5-8-4-1-2-6-9(8)10;1-4(2)7-5(8)3-6;7-5-6-3-1-2-4-6;1-2/h1-2,4,6,10H,3,5,7,11H2;4H,3,6H2,1-2H3,(H,7,8);5H,1-4H2;1-2H3. The molecule has 2 amide bonds. The molecule has 1 aliphatic carbocycles. The summed E-state index contributed by atoms with van der Waals surface area (Å²) in [6, 6.07) is 9.00. The van der Waals surface area contributed by atoms with Crippen molar-refractivity contribution in [3.8, 4) is 0 Å². The maximum atomic E-state index is 10.4. The van der Waals surface area contributed by atoms with Gasteiger partial charge in [-0.15, -0.1) is 0 Å². The zero-order chi connectivity index (χ0) is 21.4. The molecule has 1 aromatic rings. The van der Waals surface area contributed by atoms with Crippen LogP contribution in [0.25, 0.3) is 0 Å². The summed E-state index contributed by atoms with van der Waals surface area (Å²) in [5.74, 6) is -0.0972. The number of likely N-dealkylation sites (tertiary alicyclic amines) is 1. The molecular formula is C22H40N4O2. The number of carbonyl (C=O) groups excluding carboxylic acids is 2. The lowest BCUT2D eigenvalue weighted by Crippen LogP contribution is -2.35. The number of rotatable bonds is 3. The number of benzene rings is 1. The minimum atomic E-state index is -0.0972. The van der Waals surface area contributed by atoms with E-state index in [0.717, 1.165) is 25.9 Å². The van der Waals surface area contributed by atoms with E-state index >= 15 is 0 Å². The fourth-order valence-corrected chi connectivity index (χ4v) is 3.02. The van der Waals surface area contributed by atoms with E-state index in [1.807, 2.05) is 27.7 Å². The van der Waals surface area contributed by atoms with Crippen molar-refractivity contribution in [3.63, 3.8) is 0 Å². The molecule has 6 nitrogen and oxygen atoms in total. The van der Waals surface area contributed by atoms with E-state index in [2.05, 4.69) is 29.6 Å². The Labute approximate surface area is 171 Å². The molecule has 0 radical (unpaired) electrons. The topological polar surface area (TPSA) is 101 Å². The molecule has 1 saturated heterocycles. The van der Waals surface area contributed by atoms with E-state index in [1.54, 1.807) is 4.90 Å². The van der Waals surface area contributed by atoms with Gasteiger partial charge in [-0.25, -0.2) is 0 Å². The molecule has 1 fully saturated rings. The van der Waals surface area contributed by atoms with Crippen molar-refractivity contribution in [1.82, 2.24) is 10.2 Å². The third-order valence-corrected chi connectivity index (χ3v) is 4.34. The van der Waals surface area contributed by atoms with Crippen LogP contribution in [0.2, 0.25) is 0 Å². The van der Waals surface area contributed by atoms with Crippen LogP contribution in [0.1, 0.15) is 70.5 Å². The van der Waals surface area contributed by atoms with Gasteiger partial charge in [-0.3, -0.25) is 9.59 Å². The van der Waals surface area contributed by atoms with E-state index in [1.165, 1.54) is 36.8 Å². The zero-order valence-electron chi connectivity index (χ0n) is 18.1. The third kappa shape index (κ3) is 11.0. The summed E-state index contributed by atoms with van der Waals surface area (Å²) < 4.78 is 0. The van der Waals surface area contributed by atoms with Gasteiger partial charge in [0, 0.05) is 25.2 Å². The molecule has 28 heavy (non-hydrogen) atoms. The van der Waals surface area contributed by atoms with Crippen molar-refractivity contribution in [2.75, 3.05) is 19.6 Å². The molecule has 0 aromatic heterocycles. The molecule has 5 N–H and O–H groups in total. The highest BCUT2D eigenvalue weighted by Crippen LogP contribution is 2.26. The predicted octanol–water partition coefficient (Wildman–Crippen LogP) is 2.76. The van der Waals surface area contributed by atoms with Gasteiger partial charge in [-0.2, -0.15) is 0 Å². The van der Waals surface area contributed by atoms with E-state index < -0.39 is 0 Å². The number of amides is 2. The van der Waals surface area contributed by atoms with Crippen molar-refractivity contribution in [1.29, 1.82) is 0 Å². The van der Waals surface area contributed by atoms with Crippen molar-refractivity contribution < 1.29 is 9.59 Å². The molecule has 1 heterocycles. The Hall–Kier alpha value is -1.92. The SMILES string of the molecule is CC.CC(C)NC(=O)CN.NC1CCCc2ccccc21.O=CN1CCCC1. The molecule has 2 aliphatic rings. The van der Waals surface area contributed by atoms with Gasteiger partial charge < -0.3 is 21.7 Å². The fourth-order valence-electron chi connectivity index (χ4n) is 3.02. The second-order valence-corrected chi connectivity index (χ2v) is 6.97. The first-order valence-corrected chi connectivity index (χ1v) is 10.5. The highest BCUT2D eigenvalue weighted by molar-refractivity contribution is 5.77. The predicted molar refractivity (Wildman–Crippen MR) is 117 cm³/mol. The molecule has 1 aliphatic heterocycles. The van der Waals surface area contributed by atoms with Gasteiger partial charge in [-0.1, -0.05) is 38.1 Å². The minimum absolute atomic E-state index is 0.0815. The van der Waals surface area contributed by atoms with Crippen molar-refractivity contribution in [2.45, 2.75) is 71.9 Å². The number of nitrogens with one attached hydrogen (secondary N) is 1. The Balaban J connectivity index is 0.000000385. The average Bonchev–Trinajstić information content (AvgIpc) is 3.24. The van der Waals surface area contributed by atoms with Crippen LogP contribution >= 0.6 is 0 Å². The molecule has 1 unspecified atom stereocenters. The van der Waals surface area contributed by atoms with Gasteiger partial charge in [0.1, 0.15) is 0 Å². The molecule has 0 saturated carbocycles. The van der Waals surface area contributed by atoms with E-state index in [-0.39, 0.29) is 18.5 Å². The number of carbonyl (C=O) groups is 2. The Morgan fingerprint density at radius 2 is 1.82 bits per heavy atom. The van der Waals surface area contributed by atoms with Crippen LogP contribution in [0, 0.1) is 0 Å². The second kappa shape index (κ2) is 16.1. The van der Waals surface area contributed by atoms with Gasteiger partial charge in [0.15, 0.2) is 0 Å².